The molecule has 26 heavy (non-hydrogen) atoms. The minimum absolute atomic E-state index is 0.0911. The van der Waals surface area contributed by atoms with Gasteiger partial charge in [-0.3, -0.25) is 4.79 Å². The summed E-state index contributed by atoms with van der Waals surface area (Å²) in [6.45, 7) is 12.6. The summed E-state index contributed by atoms with van der Waals surface area (Å²) in [6.07, 6.45) is 1.08. The van der Waals surface area contributed by atoms with Crippen molar-refractivity contribution in [3.63, 3.8) is 0 Å². The topological polar surface area (TPSA) is 111 Å². The van der Waals surface area contributed by atoms with E-state index < -0.39 is 33.6 Å². The summed E-state index contributed by atoms with van der Waals surface area (Å²) in [5, 5.41) is 10.0. The molecule has 1 heterocycles. The van der Waals surface area contributed by atoms with Crippen LogP contribution >= 0.6 is 11.3 Å². The zero-order valence-corrected chi connectivity index (χ0v) is 17.4. The number of carbonyl (C=O) groups excluding carboxylic acids is 2. The Bertz CT molecular complexity index is 784. The Hall–Kier alpha value is -1.71. The Morgan fingerprint density at radius 3 is 2.58 bits per heavy atom. The standard InChI is InChI=1S/C17H27N3O4S2/c1-7-12-8-9-25-15(12)26(18,23)20-14(21)13(10-11(2)3)19-16(22)24-17(4,5)6/h7-9,11,13H,1,10H2,2-6H3,(H,19,22)(H2,18,20,21,23)/t13-,26?/m0/s1. The number of nitrogens with one attached hydrogen (secondary N) is 1. The van der Waals surface area contributed by atoms with Gasteiger partial charge in [0.2, 0.25) is 0 Å². The van der Waals surface area contributed by atoms with E-state index in [1.54, 1.807) is 32.2 Å². The maximum absolute atomic E-state index is 12.8. The largest absolute Gasteiger partial charge is 0.444 e. The first-order valence-corrected chi connectivity index (χ1v) is 10.6. The lowest BCUT2D eigenvalue weighted by molar-refractivity contribution is -0.120. The fourth-order valence-electron chi connectivity index (χ4n) is 2.08. The van der Waals surface area contributed by atoms with Gasteiger partial charge in [-0.15, -0.1) is 15.7 Å². The molecule has 0 aliphatic carbocycles. The van der Waals surface area contributed by atoms with E-state index in [1.165, 1.54) is 6.08 Å². The van der Waals surface area contributed by atoms with Crippen molar-refractivity contribution in [2.24, 2.45) is 15.4 Å². The van der Waals surface area contributed by atoms with Gasteiger partial charge in [-0.1, -0.05) is 26.5 Å². The highest BCUT2D eigenvalue weighted by Crippen LogP contribution is 2.24. The second kappa shape index (κ2) is 8.79. The molecule has 1 aromatic heterocycles. The molecule has 1 aromatic rings. The predicted molar refractivity (Wildman–Crippen MR) is 105 cm³/mol. The summed E-state index contributed by atoms with van der Waals surface area (Å²) in [5.74, 6) is -0.658. The molecule has 7 nitrogen and oxygen atoms in total. The third-order valence-electron chi connectivity index (χ3n) is 3.07. The molecule has 0 spiro atoms. The van der Waals surface area contributed by atoms with Crippen LogP contribution in [0.25, 0.3) is 6.08 Å². The average molecular weight is 402 g/mol. The van der Waals surface area contributed by atoms with E-state index in [4.69, 9.17) is 9.88 Å². The summed E-state index contributed by atoms with van der Waals surface area (Å²) in [5.41, 5.74) is -0.135. The van der Waals surface area contributed by atoms with Crippen molar-refractivity contribution in [1.82, 2.24) is 5.32 Å². The van der Waals surface area contributed by atoms with E-state index in [-0.39, 0.29) is 10.1 Å². The summed E-state index contributed by atoms with van der Waals surface area (Å²) >= 11 is 1.14. The van der Waals surface area contributed by atoms with E-state index in [1.807, 2.05) is 13.8 Å². The molecule has 146 valence electrons. The fourth-order valence-corrected chi connectivity index (χ4v) is 4.50. The van der Waals surface area contributed by atoms with E-state index in [0.717, 1.165) is 11.3 Å². The van der Waals surface area contributed by atoms with Crippen molar-refractivity contribution in [1.29, 1.82) is 0 Å². The highest BCUT2D eigenvalue weighted by atomic mass is 32.2. The van der Waals surface area contributed by atoms with Crippen molar-refractivity contribution >= 4 is 39.3 Å². The van der Waals surface area contributed by atoms with Crippen molar-refractivity contribution < 1.29 is 18.5 Å². The number of ether oxygens (including phenoxy) is 1. The molecule has 0 aliphatic heterocycles. The molecule has 0 aliphatic rings. The molecule has 2 atom stereocenters. The number of amides is 2. The van der Waals surface area contributed by atoms with Crippen LogP contribution in [-0.2, 0) is 19.4 Å². The number of hydrogen-bond acceptors (Lipinski definition) is 5. The van der Waals surface area contributed by atoms with Crippen LogP contribution in [-0.4, -0.2) is 27.9 Å². The Kier molecular flexibility index (Phi) is 7.55. The van der Waals surface area contributed by atoms with Crippen LogP contribution in [0, 0.1) is 5.92 Å². The van der Waals surface area contributed by atoms with Crippen molar-refractivity contribution in [2.75, 3.05) is 0 Å². The monoisotopic (exact) mass is 401 g/mol. The van der Waals surface area contributed by atoms with E-state index in [9.17, 15) is 13.8 Å². The van der Waals surface area contributed by atoms with Gasteiger partial charge in [0.25, 0.3) is 5.91 Å². The van der Waals surface area contributed by atoms with Crippen LogP contribution in [0.15, 0.2) is 26.6 Å². The smallest absolute Gasteiger partial charge is 0.408 e. The van der Waals surface area contributed by atoms with Crippen LogP contribution in [0.1, 0.15) is 46.6 Å². The van der Waals surface area contributed by atoms with Gasteiger partial charge in [-0.2, -0.15) is 0 Å². The molecular formula is C17H27N3O4S2. The SMILES string of the molecule is C=Cc1ccsc1S(N)(=O)=NC(=O)[C@H](CC(C)C)NC(=O)OC(C)(C)C. The fraction of sp³-hybridized carbons (Fsp3) is 0.529. The number of nitrogens with two attached hydrogens (primary N) is 1. The quantitative estimate of drug-likeness (QED) is 0.759. The molecule has 0 aromatic carbocycles. The Labute approximate surface area is 159 Å². The van der Waals surface area contributed by atoms with Crippen LogP contribution in [0.5, 0.6) is 0 Å². The first-order chi connectivity index (χ1) is 11.9. The highest BCUT2D eigenvalue weighted by molar-refractivity contribution is 7.93. The highest BCUT2D eigenvalue weighted by Gasteiger charge is 2.27. The normalized spacial score (nSPS) is 15.0. The Morgan fingerprint density at radius 1 is 1.46 bits per heavy atom. The van der Waals surface area contributed by atoms with Crippen LogP contribution in [0.2, 0.25) is 0 Å². The van der Waals surface area contributed by atoms with Gasteiger partial charge >= 0.3 is 6.09 Å². The second-order valence-corrected chi connectivity index (χ2v) is 10.1. The van der Waals surface area contributed by atoms with Crippen LogP contribution in [0.3, 0.4) is 0 Å². The lowest BCUT2D eigenvalue weighted by atomic mass is 10.0. The van der Waals surface area contributed by atoms with Gasteiger partial charge in [0, 0.05) is 5.56 Å². The first-order valence-electron chi connectivity index (χ1n) is 8.14. The molecule has 0 bridgehead atoms. The molecule has 0 radical (unpaired) electrons. The van der Waals surface area contributed by atoms with E-state index >= 15 is 0 Å². The molecule has 3 N–H and O–H groups in total. The van der Waals surface area contributed by atoms with Gasteiger partial charge in [-0.25, -0.2) is 14.1 Å². The first kappa shape index (κ1) is 22.3. The maximum Gasteiger partial charge on any atom is 0.408 e. The number of nitrogens with zero attached hydrogens (tertiary/aromatic N) is 1. The van der Waals surface area contributed by atoms with E-state index in [0.29, 0.717) is 12.0 Å². The molecular weight excluding hydrogens is 374 g/mol. The number of carbonyl (C=O) groups is 2. The number of hydrogen-bond donors (Lipinski definition) is 2. The lowest BCUT2D eigenvalue weighted by Gasteiger charge is -2.23. The van der Waals surface area contributed by atoms with Gasteiger partial charge in [0.05, 0.1) is 0 Å². The van der Waals surface area contributed by atoms with E-state index in [2.05, 4.69) is 16.3 Å². The Balaban J connectivity index is 3.10. The van der Waals surface area contributed by atoms with Gasteiger partial charge in [0.1, 0.15) is 15.9 Å². The molecule has 1 rings (SSSR count). The number of rotatable bonds is 6. The molecule has 0 saturated carbocycles. The zero-order chi connectivity index (χ0) is 20.1. The molecule has 1 unspecified atom stereocenters. The predicted octanol–water partition coefficient (Wildman–Crippen LogP) is 3.56. The van der Waals surface area contributed by atoms with Crippen LogP contribution in [0.4, 0.5) is 4.79 Å². The minimum Gasteiger partial charge on any atom is -0.444 e. The molecule has 0 fully saturated rings. The van der Waals surface area contributed by atoms with Crippen molar-refractivity contribution in [2.45, 2.75) is 56.9 Å². The number of alkyl carbamates (subject to hydrolysis) is 1. The molecule has 0 saturated heterocycles. The lowest BCUT2D eigenvalue weighted by Crippen LogP contribution is -2.44. The zero-order valence-electron chi connectivity index (χ0n) is 15.8. The summed E-state index contributed by atoms with van der Waals surface area (Å²) < 4.78 is 21.9. The summed E-state index contributed by atoms with van der Waals surface area (Å²) in [6, 6.07) is 0.728. The minimum atomic E-state index is -3.43. The van der Waals surface area contributed by atoms with Gasteiger partial charge in [-0.05, 0) is 44.6 Å². The van der Waals surface area contributed by atoms with Crippen LogP contribution < -0.4 is 10.5 Å². The Morgan fingerprint density at radius 2 is 2.08 bits per heavy atom. The third kappa shape index (κ3) is 6.89. The third-order valence-corrected chi connectivity index (χ3v) is 6.01. The van der Waals surface area contributed by atoms with Gasteiger partial charge < -0.3 is 10.1 Å². The van der Waals surface area contributed by atoms with Crippen molar-refractivity contribution in [3.8, 4) is 0 Å². The maximum atomic E-state index is 12.8. The van der Waals surface area contributed by atoms with Gasteiger partial charge in [0.15, 0.2) is 9.92 Å². The summed E-state index contributed by atoms with van der Waals surface area (Å²) in [4.78, 5) is 24.6. The number of thiophene rings is 1. The second-order valence-electron chi connectivity index (χ2n) is 7.19. The molecule has 2 amide bonds. The summed E-state index contributed by atoms with van der Waals surface area (Å²) in [7, 11) is -3.43. The van der Waals surface area contributed by atoms with Crippen molar-refractivity contribution in [3.05, 3.63) is 23.6 Å². The average Bonchev–Trinajstić information content (AvgIpc) is 2.92. The molecule has 9 heteroatoms.